The highest BCUT2D eigenvalue weighted by molar-refractivity contribution is 5.92. The van der Waals surface area contributed by atoms with Crippen molar-refractivity contribution in [3.63, 3.8) is 0 Å². The molecule has 0 aliphatic heterocycles. The number of ether oxygens (including phenoxy) is 1. The summed E-state index contributed by atoms with van der Waals surface area (Å²) < 4.78 is 5.23. The monoisotopic (exact) mass is 266 g/mol. The molecular formula is C17H14O3. The number of rotatable bonds is 3. The number of hydrogen-bond acceptors (Lipinski definition) is 2. The quantitative estimate of drug-likeness (QED) is 0.925. The van der Waals surface area contributed by atoms with Gasteiger partial charge in [-0.3, -0.25) is 0 Å². The van der Waals surface area contributed by atoms with Crippen molar-refractivity contribution < 1.29 is 14.6 Å². The lowest BCUT2D eigenvalue weighted by atomic mass is 10.0. The molecule has 0 atom stereocenters. The Kier molecular flexibility index (Phi) is 3.03. The first-order valence-corrected chi connectivity index (χ1v) is 6.38. The number of carboxylic acids is 1. The predicted molar refractivity (Wildman–Crippen MR) is 78.0 cm³/mol. The number of hydrogen-bond donors (Lipinski definition) is 1. The minimum absolute atomic E-state index is 0.317. The van der Waals surface area contributed by atoms with E-state index in [4.69, 9.17) is 9.84 Å². The molecule has 0 bridgehead atoms. The van der Waals surface area contributed by atoms with Crippen LogP contribution in [0.1, 0.15) is 27.0 Å². The van der Waals surface area contributed by atoms with Gasteiger partial charge in [0.2, 0.25) is 0 Å². The average Bonchev–Trinajstić information content (AvgIpc) is 2.90. The molecule has 20 heavy (non-hydrogen) atoms. The van der Waals surface area contributed by atoms with Crippen molar-refractivity contribution in [3.05, 3.63) is 64.7 Å². The Bertz CT molecular complexity index is 714. The maximum Gasteiger partial charge on any atom is 0.335 e. The summed E-state index contributed by atoms with van der Waals surface area (Å²) >= 11 is 0. The maximum atomic E-state index is 11.0. The number of methoxy groups -OCH3 is 1. The molecule has 0 aromatic heterocycles. The zero-order chi connectivity index (χ0) is 14.1. The summed E-state index contributed by atoms with van der Waals surface area (Å²) in [5.74, 6) is -0.0534. The van der Waals surface area contributed by atoms with Crippen molar-refractivity contribution in [2.45, 2.75) is 6.42 Å². The number of benzene rings is 2. The van der Waals surface area contributed by atoms with Crippen molar-refractivity contribution in [1.29, 1.82) is 0 Å². The second-order valence-corrected chi connectivity index (χ2v) is 4.80. The van der Waals surface area contributed by atoms with Crippen LogP contribution in [0.2, 0.25) is 0 Å². The molecule has 0 fully saturated rings. The molecule has 3 rings (SSSR count). The highest BCUT2D eigenvalue weighted by atomic mass is 16.5. The van der Waals surface area contributed by atoms with E-state index in [1.165, 1.54) is 11.1 Å². The maximum absolute atomic E-state index is 11.0. The lowest BCUT2D eigenvalue weighted by Gasteiger charge is -2.05. The second kappa shape index (κ2) is 4.85. The molecule has 2 aromatic carbocycles. The molecule has 0 saturated heterocycles. The zero-order valence-corrected chi connectivity index (χ0v) is 11.1. The van der Waals surface area contributed by atoms with E-state index in [1.807, 2.05) is 24.3 Å². The van der Waals surface area contributed by atoms with Gasteiger partial charge in [0.15, 0.2) is 0 Å². The van der Waals surface area contributed by atoms with Gasteiger partial charge in [-0.15, -0.1) is 0 Å². The lowest BCUT2D eigenvalue weighted by molar-refractivity contribution is 0.0697. The first kappa shape index (κ1) is 12.5. The van der Waals surface area contributed by atoms with E-state index in [2.05, 4.69) is 6.08 Å². The summed E-state index contributed by atoms with van der Waals surface area (Å²) in [6, 6.07) is 13.0. The third-order valence-electron chi connectivity index (χ3n) is 3.54. The molecule has 0 radical (unpaired) electrons. The topological polar surface area (TPSA) is 46.5 Å². The van der Waals surface area contributed by atoms with E-state index in [0.717, 1.165) is 23.3 Å². The van der Waals surface area contributed by atoms with Crippen molar-refractivity contribution in [3.8, 4) is 5.75 Å². The number of carbonyl (C=O) groups is 1. The SMILES string of the molecule is COc1ccc2c(c1)CC(c1cccc(C(=O)O)c1)=C2. The van der Waals surface area contributed by atoms with Crippen LogP contribution >= 0.6 is 0 Å². The van der Waals surface area contributed by atoms with Crippen LogP contribution in [0.3, 0.4) is 0 Å². The van der Waals surface area contributed by atoms with Crippen LogP contribution in [0.4, 0.5) is 0 Å². The summed E-state index contributed by atoms with van der Waals surface area (Å²) in [7, 11) is 1.65. The predicted octanol–water partition coefficient (Wildman–Crippen LogP) is 3.49. The molecule has 0 amide bonds. The molecule has 1 aliphatic carbocycles. The fourth-order valence-electron chi connectivity index (χ4n) is 2.48. The minimum Gasteiger partial charge on any atom is -0.497 e. The van der Waals surface area contributed by atoms with Crippen molar-refractivity contribution in [2.75, 3.05) is 7.11 Å². The molecule has 1 aliphatic rings. The highest BCUT2D eigenvalue weighted by Gasteiger charge is 2.15. The Morgan fingerprint density at radius 1 is 1.20 bits per heavy atom. The van der Waals surface area contributed by atoms with Crippen molar-refractivity contribution in [2.24, 2.45) is 0 Å². The third kappa shape index (κ3) is 2.18. The van der Waals surface area contributed by atoms with Crippen LogP contribution in [0.15, 0.2) is 42.5 Å². The van der Waals surface area contributed by atoms with E-state index in [0.29, 0.717) is 5.56 Å². The summed E-state index contributed by atoms with van der Waals surface area (Å²) in [5, 5.41) is 9.06. The average molecular weight is 266 g/mol. The van der Waals surface area contributed by atoms with Crippen LogP contribution in [-0.2, 0) is 6.42 Å². The summed E-state index contributed by atoms with van der Waals surface area (Å²) in [5.41, 5.74) is 4.79. The molecule has 1 N–H and O–H groups in total. The van der Waals surface area contributed by atoms with Gasteiger partial charge in [-0.1, -0.05) is 24.3 Å². The molecule has 3 heteroatoms. The molecule has 0 heterocycles. The Morgan fingerprint density at radius 3 is 2.80 bits per heavy atom. The van der Waals surface area contributed by atoms with Crippen molar-refractivity contribution in [1.82, 2.24) is 0 Å². The molecule has 0 spiro atoms. The van der Waals surface area contributed by atoms with Gasteiger partial charge >= 0.3 is 5.97 Å². The van der Waals surface area contributed by atoms with Crippen LogP contribution in [0, 0.1) is 0 Å². The normalized spacial score (nSPS) is 12.8. The van der Waals surface area contributed by atoms with E-state index < -0.39 is 5.97 Å². The largest absolute Gasteiger partial charge is 0.497 e. The summed E-state index contributed by atoms with van der Waals surface area (Å²) in [6.45, 7) is 0. The van der Waals surface area contributed by atoms with Crippen LogP contribution < -0.4 is 4.74 Å². The van der Waals surface area contributed by atoms with Gasteiger partial charge in [0, 0.05) is 0 Å². The van der Waals surface area contributed by atoms with Gasteiger partial charge in [-0.2, -0.15) is 0 Å². The highest BCUT2D eigenvalue weighted by Crippen LogP contribution is 2.33. The minimum atomic E-state index is -0.898. The van der Waals surface area contributed by atoms with E-state index in [9.17, 15) is 4.79 Å². The third-order valence-corrected chi connectivity index (χ3v) is 3.54. The first-order chi connectivity index (χ1) is 9.67. The van der Waals surface area contributed by atoms with Crippen molar-refractivity contribution >= 4 is 17.6 Å². The van der Waals surface area contributed by atoms with Crippen LogP contribution in [0.5, 0.6) is 5.75 Å². The molecule has 0 unspecified atom stereocenters. The Balaban J connectivity index is 1.94. The number of fused-ring (bicyclic) bond motifs is 1. The fraction of sp³-hybridized carbons (Fsp3) is 0.118. The Labute approximate surface area is 117 Å². The number of aromatic carboxylic acids is 1. The zero-order valence-electron chi connectivity index (χ0n) is 11.1. The first-order valence-electron chi connectivity index (χ1n) is 6.38. The summed E-state index contributed by atoms with van der Waals surface area (Å²) in [4.78, 5) is 11.0. The number of carboxylic acid groups (broad SMARTS) is 1. The van der Waals surface area contributed by atoms with Gasteiger partial charge < -0.3 is 9.84 Å². The smallest absolute Gasteiger partial charge is 0.335 e. The van der Waals surface area contributed by atoms with Gasteiger partial charge in [0.05, 0.1) is 12.7 Å². The van der Waals surface area contributed by atoms with Crippen LogP contribution in [-0.4, -0.2) is 18.2 Å². The Morgan fingerprint density at radius 2 is 2.05 bits per heavy atom. The molecule has 100 valence electrons. The van der Waals surface area contributed by atoms with E-state index in [-0.39, 0.29) is 0 Å². The van der Waals surface area contributed by atoms with Gasteiger partial charge in [0.25, 0.3) is 0 Å². The van der Waals surface area contributed by atoms with E-state index in [1.54, 1.807) is 25.3 Å². The number of allylic oxidation sites excluding steroid dienone is 1. The molecular weight excluding hydrogens is 252 g/mol. The van der Waals surface area contributed by atoms with Gasteiger partial charge in [-0.25, -0.2) is 4.79 Å². The van der Waals surface area contributed by atoms with E-state index >= 15 is 0 Å². The second-order valence-electron chi connectivity index (χ2n) is 4.80. The van der Waals surface area contributed by atoms with Gasteiger partial charge in [-0.05, 0) is 52.9 Å². The lowest BCUT2D eigenvalue weighted by Crippen LogP contribution is -1.97. The van der Waals surface area contributed by atoms with Gasteiger partial charge in [0.1, 0.15) is 5.75 Å². The molecule has 3 nitrogen and oxygen atoms in total. The summed E-state index contributed by atoms with van der Waals surface area (Å²) in [6.07, 6.45) is 2.91. The Hall–Kier alpha value is -2.55. The molecule has 2 aromatic rings. The van der Waals surface area contributed by atoms with Crippen LogP contribution in [0.25, 0.3) is 11.6 Å². The standard InChI is InChI=1S/C17H14O3/c1-20-16-6-5-12-8-14(9-15(12)10-16)11-3-2-4-13(7-11)17(18)19/h2-8,10H,9H2,1H3,(H,18,19). The molecule has 0 saturated carbocycles. The fourth-order valence-corrected chi connectivity index (χ4v) is 2.48.